The summed E-state index contributed by atoms with van der Waals surface area (Å²) in [6.45, 7) is 1.31. The van der Waals surface area contributed by atoms with Gasteiger partial charge in [0.25, 0.3) is 0 Å². The Morgan fingerprint density at radius 2 is 2.33 bits per heavy atom. The van der Waals surface area contributed by atoms with Crippen LogP contribution in [0.2, 0.25) is 0 Å². The minimum absolute atomic E-state index is 0.0115. The predicted molar refractivity (Wildman–Crippen MR) is 68.3 cm³/mol. The molecule has 0 fully saturated rings. The molecule has 0 radical (unpaired) electrons. The minimum atomic E-state index is -0.868. The van der Waals surface area contributed by atoms with Crippen molar-refractivity contribution >= 4 is 5.97 Å². The van der Waals surface area contributed by atoms with E-state index in [-0.39, 0.29) is 6.42 Å². The summed E-state index contributed by atoms with van der Waals surface area (Å²) < 4.78 is 0. The van der Waals surface area contributed by atoms with Crippen LogP contribution in [0.5, 0.6) is 0 Å². The average Bonchev–Trinajstić information content (AvgIpc) is 2.35. The quantitative estimate of drug-likeness (QED) is 0.715. The van der Waals surface area contributed by atoms with Gasteiger partial charge in [-0.3, -0.25) is 9.78 Å². The summed E-state index contributed by atoms with van der Waals surface area (Å²) in [6.07, 6.45) is 4.16. The lowest BCUT2D eigenvalue weighted by Crippen LogP contribution is -2.31. The fourth-order valence-corrected chi connectivity index (χ4v) is 1.70. The Bertz CT molecular complexity index is 357. The van der Waals surface area contributed by atoms with Gasteiger partial charge in [-0.25, -0.2) is 0 Å². The first-order chi connectivity index (χ1) is 8.58. The second-order valence-electron chi connectivity index (χ2n) is 4.46. The molecule has 0 aliphatic carbocycles. The van der Waals surface area contributed by atoms with Gasteiger partial charge in [0, 0.05) is 31.9 Å². The topological polar surface area (TPSA) is 73.7 Å². The first-order valence-corrected chi connectivity index (χ1v) is 6.05. The number of aliphatic hydroxyl groups excluding tert-OH is 1. The summed E-state index contributed by atoms with van der Waals surface area (Å²) in [4.78, 5) is 16.4. The highest BCUT2D eigenvalue weighted by molar-refractivity contribution is 5.66. The number of aliphatic carboxylic acids is 1. The Kier molecular flexibility index (Phi) is 6.32. The smallest absolute Gasteiger partial charge is 0.303 e. The van der Waals surface area contributed by atoms with Crippen molar-refractivity contribution < 1.29 is 15.0 Å². The molecular formula is C13H20N2O3. The third-order valence-corrected chi connectivity index (χ3v) is 2.72. The van der Waals surface area contributed by atoms with Gasteiger partial charge in [0.1, 0.15) is 0 Å². The lowest BCUT2D eigenvalue weighted by Gasteiger charge is -2.20. The maximum atomic E-state index is 10.4. The number of nitrogens with zero attached hydrogens (tertiary/aromatic N) is 2. The lowest BCUT2D eigenvalue weighted by molar-refractivity contribution is -0.137. The molecule has 5 nitrogen and oxygen atoms in total. The molecule has 1 aromatic rings. The molecule has 0 bridgehead atoms. The van der Waals surface area contributed by atoms with Crippen LogP contribution in [0.3, 0.4) is 0 Å². The van der Waals surface area contributed by atoms with Crippen LogP contribution in [0.15, 0.2) is 24.5 Å². The monoisotopic (exact) mass is 252 g/mol. The van der Waals surface area contributed by atoms with E-state index < -0.39 is 12.1 Å². The second-order valence-corrected chi connectivity index (χ2v) is 4.46. The number of carboxylic acid groups (broad SMARTS) is 1. The normalized spacial score (nSPS) is 12.6. The summed E-state index contributed by atoms with van der Waals surface area (Å²) in [5, 5.41) is 18.2. The Hall–Kier alpha value is -1.46. The first-order valence-electron chi connectivity index (χ1n) is 6.05. The maximum Gasteiger partial charge on any atom is 0.303 e. The van der Waals surface area contributed by atoms with Gasteiger partial charge in [-0.2, -0.15) is 0 Å². The lowest BCUT2D eigenvalue weighted by atomic mass is 10.1. The zero-order valence-electron chi connectivity index (χ0n) is 10.6. The van der Waals surface area contributed by atoms with E-state index in [1.807, 2.05) is 30.3 Å². The van der Waals surface area contributed by atoms with Crippen molar-refractivity contribution in [2.24, 2.45) is 0 Å². The fraction of sp³-hybridized carbons (Fsp3) is 0.538. The number of rotatable bonds is 8. The third kappa shape index (κ3) is 6.32. The van der Waals surface area contributed by atoms with Crippen LogP contribution < -0.4 is 0 Å². The van der Waals surface area contributed by atoms with Crippen LogP contribution >= 0.6 is 0 Å². The van der Waals surface area contributed by atoms with E-state index in [1.165, 1.54) is 0 Å². The van der Waals surface area contributed by atoms with E-state index in [1.54, 1.807) is 6.20 Å². The van der Waals surface area contributed by atoms with Crippen LogP contribution in [-0.2, 0) is 11.2 Å². The van der Waals surface area contributed by atoms with Gasteiger partial charge in [0.2, 0.25) is 0 Å². The second kappa shape index (κ2) is 7.79. The molecule has 1 heterocycles. The number of aliphatic hydroxyl groups is 1. The molecule has 0 aliphatic heterocycles. The van der Waals surface area contributed by atoms with Gasteiger partial charge in [-0.15, -0.1) is 0 Å². The van der Waals surface area contributed by atoms with Crippen molar-refractivity contribution in [2.45, 2.75) is 25.4 Å². The minimum Gasteiger partial charge on any atom is -0.481 e. The standard InChI is InChI=1S/C13H20N2O3/c1-15(10-12(16)4-5-13(17)18)8-6-11-3-2-7-14-9-11/h2-3,7,9,12,16H,4-6,8,10H2,1H3,(H,17,18). The number of likely N-dealkylation sites (N-methyl/N-ethyl adjacent to an activating group) is 1. The van der Waals surface area contributed by atoms with E-state index >= 15 is 0 Å². The number of aromatic nitrogens is 1. The van der Waals surface area contributed by atoms with Gasteiger partial charge in [0.05, 0.1) is 6.10 Å². The zero-order valence-corrected chi connectivity index (χ0v) is 10.6. The fourth-order valence-electron chi connectivity index (χ4n) is 1.70. The van der Waals surface area contributed by atoms with Gasteiger partial charge < -0.3 is 15.1 Å². The Balaban J connectivity index is 2.20. The van der Waals surface area contributed by atoms with Gasteiger partial charge in [-0.05, 0) is 31.5 Å². The van der Waals surface area contributed by atoms with Crippen LogP contribution in [0.1, 0.15) is 18.4 Å². The Morgan fingerprint density at radius 1 is 1.56 bits per heavy atom. The predicted octanol–water partition coefficient (Wildman–Crippen LogP) is 0.782. The van der Waals surface area contributed by atoms with Gasteiger partial charge in [-0.1, -0.05) is 6.07 Å². The van der Waals surface area contributed by atoms with E-state index in [4.69, 9.17) is 5.11 Å². The van der Waals surface area contributed by atoms with E-state index in [0.29, 0.717) is 13.0 Å². The van der Waals surface area contributed by atoms with Crippen molar-refractivity contribution in [2.75, 3.05) is 20.1 Å². The summed E-state index contributed by atoms with van der Waals surface area (Å²) in [6, 6.07) is 3.92. The number of hydrogen-bond donors (Lipinski definition) is 2. The molecule has 0 saturated carbocycles. The molecule has 1 aromatic heterocycles. The van der Waals surface area contributed by atoms with Crippen molar-refractivity contribution in [1.29, 1.82) is 0 Å². The van der Waals surface area contributed by atoms with Gasteiger partial charge in [0.15, 0.2) is 0 Å². The molecule has 1 unspecified atom stereocenters. The number of carbonyl (C=O) groups is 1. The Morgan fingerprint density at radius 3 is 2.94 bits per heavy atom. The molecule has 1 rings (SSSR count). The van der Waals surface area contributed by atoms with Crippen molar-refractivity contribution in [1.82, 2.24) is 9.88 Å². The van der Waals surface area contributed by atoms with Crippen LogP contribution in [0, 0.1) is 0 Å². The number of pyridine rings is 1. The zero-order chi connectivity index (χ0) is 13.4. The highest BCUT2D eigenvalue weighted by Gasteiger charge is 2.10. The van der Waals surface area contributed by atoms with Crippen LogP contribution in [0.25, 0.3) is 0 Å². The van der Waals surface area contributed by atoms with Crippen molar-refractivity contribution in [3.63, 3.8) is 0 Å². The molecule has 0 aromatic carbocycles. The van der Waals surface area contributed by atoms with E-state index in [2.05, 4.69) is 4.98 Å². The molecule has 0 amide bonds. The summed E-state index contributed by atoms with van der Waals surface area (Å²) in [5.74, 6) is -0.868. The van der Waals surface area contributed by atoms with E-state index in [0.717, 1.165) is 18.5 Å². The molecule has 0 saturated heterocycles. The first kappa shape index (κ1) is 14.6. The molecular weight excluding hydrogens is 232 g/mol. The average molecular weight is 252 g/mol. The van der Waals surface area contributed by atoms with Crippen molar-refractivity contribution in [3.05, 3.63) is 30.1 Å². The summed E-state index contributed by atoms with van der Waals surface area (Å²) in [7, 11) is 1.92. The molecule has 2 N–H and O–H groups in total. The van der Waals surface area contributed by atoms with Crippen LogP contribution in [-0.4, -0.2) is 52.3 Å². The molecule has 0 spiro atoms. The Labute approximate surface area is 107 Å². The SMILES string of the molecule is CN(CCc1cccnc1)CC(O)CCC(=O)O. The molecule has 1 atom stereocenters. The molecule has 18 heavy (non-hydrogen) atoms. The highest BCUT2D eigenvalue weighted by atomic mass is 16.4. The number of carboxylic acids is 1. The largest absolute Gasteiger partial charge is 0.481 e. The molecule has 5 heteroatoms. The van der Waals surface area contributed by atoms with Crippen LogP contribution in [0.4, 0.5) is 0 Å². The molecule has 0 aliphatic rings. The maximum absolute atomic E-state index is 10.4. The van der Waals surface area contributed by atoms with Crippen molar-refractivity contribution in [3.8, 4) is 0 Å². The molecule has 100 valence electrons. The number of hydrogen-bond acceptors (Lipinski definition) is 4. The highest BCUT2D eigenvalue weighted by Crippen LogP contribution is 2.02. The van der Waals surface area contributed by atoms with E-state index in [9.17, 15) is 9.90 Å². The third-order valence-electron chi connectivity index (χ3n) is 2.72. The summed E-state index contributed by atoms with van der Waals surface area (Å²) >= 11 is 0. The van der Waals surface area contributed by atoms with Gasteiger partial charge >= 0.3 is 5.97 Å². The summed E-state index contributed by atoms with van der Waals surface area (Å²) in [5.41, 5.74) is 1.16.